The van der Waals surface area contributed by atoms with E-state index in [0.717, 1.165) is 64.7 Å². The number of anilines is 1. The Bertz CT molecular complexity index is 1910. The molecule has 0 aliphatic carbocycles. The molecule has 0 amide bonds. The summed E-state index contributed by atoms with van der Waals surface area (Å²) in [7, 11) is 0. The van der Waals surface area contributed by atoms with Gasteiger partial charge in [0.15, 0.2) is 5.82 Å². The van der Waals surface area contributed by atoms with Crippen molar-refractivity contribution >= 4 is 27.5 Å². The van der Waals surface area contributed by atoms with E-state index < -0.39 is 11.6 Å². The zero-order chi connectivity index (χ0) is 29.3. The van der Waals surface area contributed by atoms with Crippen molar-refractivity contribution in [2.45, 2.75) is 56.1 Å². The van der Waals surface area contributed by atoms with Crippen molar-refractivity contribution in [3.63, 3.8) is 0 Å². The Morgan fingerprint density at radius 3 is 2.65 bits per heavy atom. The molecule has 2 aromatic heterocycles. The smallest absolute Gasteiger partial charge is 0.207 e. The van der Waals surface area contributed by atoms with Crippen LogP contribution >= 0.6 is 0 Å². The van der Waals surface area contributed by atoms with Crippen LogP contribution in [0.3, 0.4) is 0 Å². The lowest BCUT2D eigenvalue weighted by molar-refractivity contribution is 0.261. The lowest BCUT2D eigenvalue weighted by Gasteiger charge is -2.46. The largest absolute Gasteiger partial charge is 0.508 e. The van der Waals surface area contributed by atoms with Gasteiger partial charge in [0.1, 0.15) is 28.6 Å². The molecule has 7 nitrogen and oxygen atoms in total. The summed E-state index contributed by atoms with van der Waals surface area (Å²) in [5, 5.41) is 15.4. The van der Waals surface area contributed by atoms with Gasteiger partial charge >= 0.3 is 0 Å². The van der Waals surface area contributed by atoms with Crippen LogP contribution in [0.25, 0.3) is 32.9 Å². The number of phenols is 1. The molecule has 5 aliphatic heterocycles. The van der Waals surface area contributed by atoms with Crippen molar-refractivity contribution in [1.82, 2.24) is 25.2 Å². The second kappa shape index (κ2) is 9.87. The van der Waals surface area contributed by atoms with Crippen molar-refractivity contribution in [2.75, 3.05) is 31.1 Å². The van der Waals surface area contributed by atoms with Crippen LogP contribution in [0, 0.1) is 35.8 Å². The highest BCUT2D eigenvalue weighted by molar-refractivity contribution is 6.03. The van der Waals surface area contributed by atoms with Gasteiger partial charge < -0.3 is 15.3 Å². The minimum absolute atomic E-state index is 0.0162. The molecule has 9 heteroatoms. The van der Waals surface area contributed by atoms with Crippen LogP contribution in [0.4, 0.5) is 14.6 Å². The van der Waals surface area contributed by atoms with Crippen molar-refractivity contribution in [3.8, 4) is 41.2 Å². The molecular formula is C34H30F2N6O. The Morgan fingerprint density at radius 1 is 1.09 bits per heavy atom. The Hall–Kier alpha value is -4.31. The van der Waals surface area contributed by atoms with E-state index >= 15 is 4.39 Å². The highest BCUT2D eigenvalue weighted by Crippen LogP contribution is 2.40. The van der Waals surface area contributed by atoms with E-state index in [1.54, 1.807) is 6.20 Å². The number of hydrogen-bond donors (Lipinski definition) is 2. The van der Waals surface area contributed by atoms with E-state index in [2.05, 4.69) is 42.8 Å². The maximum absolute atomic E-state index is 16.8. The number of piperidine rings is 2. The maximum Gasteiger partial charge on any atom is 0.207 e. The van der Waals surface area contributed by atoms with Crippen molar-refractivity contribution < 1.29 is 13.9 Å². The normalized spacial score (nSPS) is 22.5. The van der Waals surface area contributed by atoms with E-state index in [9.17, 15) is 9.50 Å². The third-order valence-electron chi connectivity index (χ3n) is 9.78. The van der Waals surface area contributed by atoms with Gasteiger partial charge in [-0.25, -0.2) is 18.7 Å². The monoisotopic (exact) mass is 576 g/mol. The lowest BCUT2D eigenvalue weighted by Crippen LogP contribution is -2.61. The van der Waals surface area contributed by atoms with Gasteiger partial charge in [-0.15, -0.1) is 6.42 Å². The number of aromatic hydroxyl groups is 1. The first-order valence-corrected chi connectivity index (χ1v) is 15.0. The van der Waals surface area contributed by atoms with Crippen LogP contribution < -0.4 is 10.2 Å². The minimum atomic E-state index is -0.690. The molecule has 7 heterocycles. The quantitative estimate of drug-likeness (QED) is 0.334. The highest BCUT2D eigenvalue weighted by atomic mass is 19.1. The molecule has 0 spiro atoms. The number of aromatic nitrogens is 3. The number of terminal acetylenes is 1. The Labute approximate surface area is 248 Å². The summed E-state index contributed by atoms with van der Waals surface area (Å²) >= 11 is 0. The van der Waals surface area contributed by atoms with E-state index in [4.69, 9.17) is 11.4 Å². The summed E-state index contributed by atoms with van der Waals surface area (Å²) in [4.78, 5) is 18.8. The molecular weight excluding hydrogens is 546 g/mol. The Morgan fingerprint density at radius 2 is 1.93 bits per heavy atom. The summed E-state index contributed by atoms with van der Waals surface area (Å²) < 4.78 is 31.5. The number of piperazine rings is 1. The third-order valence-corrected chi connectivity index (χ3v) is 9.78. The van der Waals surface area contributed by atoms with Gasteiger partial charge in [-0.2, -0.15) is 0 Å². The molecule has 4 aromatic rings. The second-order valence-corrected chi connectivity index (χ2v) is 12.2. The Kier molecular flexibility index (Phi) is 6.04. The second-order valence-electron chi connectivity index (χ2n) is 12.2. The number of nitrogens with zero attached hydrogens (tertiary/aromatic N) is 5. The van der Waals surface area contributed by atoms with Crippen LogP contribution in [0.2, 0.25) is 0 Å². The number of nitrogens with one attached hydrogen (secondary N) is 1. The molecule has 2 bridgehead atoms. The number of rotatable bonds is 2. The van der Waals surface area contributed by atoms with Crippen molar-refractivity contribution in [1.29, 1.82) is 0 Å². The summed E-state index contributed by atoms with van der Waals surface area (Å²) in [5.41, 5.74) is 0.0400. The first-order chi connectivity index (χ1) is 20.9. The van der Waals surface area contributed by atoms with Gasteiger partial charge in [0.2, 0.25) is 5.82 Å². The van der Waals surface area contributed by atoms with Gasteiger partial charge in [0, 0.05) is 42.3 Å². The van der Waals surface area contributed by atoms with Crippen molar-refractivity contribution in [3.05, 3.63) is 53.5 Å². The number of pyridine rings is 1. The third kappa shape index (κ3) is 4.14. The predicted molar refractivity (Wildman–Crippen MR) is 162 cm³/mol. The van der Waals surface area contributed by atoms with Crippen LogP contribution in [-0.2, 0) is 0 Å². The van der Waals surface area contributed by atoms with Gasteiger partial charge in [0.05, 0.1) is 16.5 Å². The molecule has 2 atom stereocenters. The number of benzene rings is 2. The van der Waals surface area contributed by atoms with E-state index in [-0.39, 0.29) is 45.5 Å². The Balaban J connectivity index is 1.35. The molecule has 2 aromatic carbocycles. The fourth-order valence-electron chi connectivity index (χ4n) is 7.71. The molecule has 5 fully saturated rings. The minimum Gasteiger partial charge on any atom is -0.508 e. The first-order valence-electron chi connectivity index (χ1n) is 15.0. The van der Waals surface area contributed by atoms with E-state index in [1.807, 2.05) is 0 Å². The zero-order valence-electron chi connectivity index (χ0n) is 23.6. The van der Waals surface area contributed by atoms with Crippen molar-refractivity contribution in [2.24, 2.45) is 0 Å². The average molecular weight is 577 g/mol. The highest BCUT2D eigenvalue weighted by Gasteiger charge is 2.43. The van der Waals surface area contributed by atoms with E-state index in [0.29, 0.717) is 28.0 Å². The summed E-state index contributed by atoms with van der Waals surface area (Å²) in [6.07, 6.45) is 13.6. The van der Waals surface area contributed by atoms with Crippen LogP contribution in [-0.4, -0.2) is 68.8 Å². The number of phenolic OH excluding ortho intramolecular Hbond substituents is 1. The fourth-order valence-corrected chi connectivity index (χ4v) is 7.71. The number of halogens is 2. The predicted octanol–water partition coefficient (Wildman–Crippen LogP) is 4.73. The zero-order valence-corrected chi connectivity index (χ0v) is 23.6. The molecule has 0 radical (unpaired) electrons. The molecule has 43 heavy (non-hydrogen) atoms. The SMILES string of the molecule is C#Cc1c(F)ccc2cc(O)cc(-c3ncc4c(N5C[C@H]6CC[C@@H]5CN6)nc(C#CC56CCCN5CCC6)nc4c3F)c12. The average Bonchev–Trinajstić information content (AvgIpc) is 3.61. The van der Waals surface area contributed by atoms with Gasteiger partial charge in [-0.3, -0.25) is 9.88 Å². The standard InChI is InChI=1S/C34H30F2N6O/c1-2-24-27(35)8-5-20-15-23(43)16-25(29(20)24)31-30(36)32-26(18-38-31)33(42-19-21-6-7-22(42)17-37-21)40-28(39-32)9-12-34-10-3-13-41(34)14-4-11-34/h1,5,8,15-16,18,21-22,37,43H,3-4,6-7,10-11,13-14,17,19H2/t21-,22-/m1/s1. The molecule has 216 valence electrons. The van der Waals surface area contributed by atoms with Crippen LogP contribution in [0.1, 0.15) is 49.9 Å². The molecule has 2 N–H and O–H groups in total. The summed E-state index contributed by atoms with van der Waals surface area (Å²) in [6, 6.07) is 6.15. The topological polar surface area (TPSA) is 77.4 Å². The molecule has 5 aliphatic rings. The molecule has 9 rings (SSSR count). The lowest BCUT2D eigenvalue weighted by atomic mass is 9.92. The van der Waals surface area contributed by atoms with Crippen LogP contribution in [0.15, 0.2) is 30.5 Å². The first kappa shape index (κ1) is 26.3. The molecule has 0 saturated carbocycles. The van der Waals surface area contributed by atoms with E-state index in [1.165, 1.54) is 24.3 Å². The van der Waals surface area contributed by atoms with Gasteiger partial charge in [-0.1, -0.05) is 17.9 Å². The van der Waals surface area contributed by atoms with Crippen LogP contribution in [0.5, 0.6) is 5.75 Å². The molecule has 0 unspecified atom stereocenters. The number of fused-ring (bicyclic) bond motifs is 6. The fraction of sp³-hybridized carbons (Fsp3) is 0.382. The van der Waals surface area contributed by atoms with Gasteiger partial charge in [-0.05, 0) is 81.1 Å². The molecule has 5 saturated heterocycles. The maximum atomic E-state index is 16.8. The summed E-state index contributed by atoms with van der Waals surface area (Å²) in [5.74, 6) is 8.66. The van der Waals surface area contributed by atoms with Gasteiger partial charge in [0.25, 0.3) is 0 Å². The number of hydrogen-bond acceptors (Lipinski definition) is 7. The summed E-state index contributed by atoms with van der Waals surface area (Å²) in [6.45, 7) is 3.68.